The van der Waals surface area contributed by atoms with Crippen LogP contribution in [0.2, 0.25) is 5.02 Å². The molecule has 0 heterocycles. The Bertz CT molecular complexity index is 676. The highest BCUT2D eigenvalue weighted by molar-refractivity contribution is 7.89. The van der Waals surface area contributed by atoms with Crippen LogP contribution in [0.25, 0.3) is 0 Å². The van der Waals surface area contributed by atoms with Gasteiger partial charge in [-0.15, -0.1) is 0 Å². The SMILES string of the molecule is CCCNC(=O)C(C)NC(=O)CN(C)S(=O)(=O)c1ccc(Cl)cc1. The Morgan fingerprint density at radius 1 is 1.25 bits per heavy atom. The smallest absolute Gasteiger partial charge is 0.243 e. The molecule has 1 rings (SSSR count). The third kappa shape index (κ3) is 5.77. The van der Waals surface area contributed by atoms with Crippen LogP contribution in [0.3, 0.4) is 0 Å². The third-order valence-electron chi connectivity index (χ3n) is 3.21. The van der Waals surface area contributed by atoms with Gasteiger partial charge >= 0.3 is 0 Å². The van der Waals surface area contributed by atoms with Gasteiger partial charge in [0, 0.05) is 18.6 Å². The molecule has 9 heteroatoms. The molecular formula is C15H22ClN3O4S. The first-order chi connectivity index (χ1) is 11.2. The van der Waals surface area contributed by atoms with E-state index >= 15 is 0 Å². The molecule has 0 saturated carbocycles. The van der Waals surface area contributed by atoms with E-state index in [1.807, 2.05) is 6.92 Å². The summed E-state index contributed by atoms with van der Waals surface area (Å²) in [7, 11) is -2.51. The molecule has 1 unspecified atom stereocenters. The van der Waals surface area contributed by atoms with E-state index in [2.05, 4.69) is 10.6 Å². The van der Waals surface area contributed by atoms with E-state index in [-0.39, 0.29) is 10.8 Å². The van der Waals surface area contributed by atoms with Crippen molar-refractivity contribution < 1.29 is 18.0 Å². The first kappa shape index (κ1) is 20.4. The van der Waals surface area contributed by atoms with Gasteiger partial charge in [0.15, 0.2) is 0 Å². The Kier molecular flexibility index (Phi) is 7.65. The molecule has 2 N–H and O–H groups in total. The van der Waals surface area contributed by atoms with Gasteiger partial charge in [-0.2, -0.15) is 4.31 Å². The Balaban J connectivity index is 2.66. The fourth-order valence-electron chi connectivity index (χ4n) is 1.83. The number of benzene rings is 1. The van der Waals surface area contributed by atoms with Gasteiger partial charge in [-0.1, -0.05) is 18.5 Å². The zero-order valence-corrected chi connectivity index (χ0v) is 15.4. The standard InChI is InChI=1S/C15H22ClN3O4S/c1-4-9-17-15(21)11(2)18-14(20)10-19(3)24(22,23)13-7-5-12(16)6-8-13/h5-8,11H,4,9-10H2,1-3H3,(H,17,21)(H,18,20). The molecule has 0 aliphatic rings. The Hall–Kier alpha value is -1.64. The van der Waals surface area contributed by atoms with Crippen LogP contribution in [0.4, 0.5) is 0 Å². The zero-order chi connectivity index (χ0) is 18.3. The molecule has 0 saturated heterocycles. The number of amides is 2. The topological polar surface area (TPSA) is 95.6 Å². The summed E-state index contributed by atoms with van der Waals surface area (Å²) in [5, 5.41) is 5.55. The molecule has 0 spiro atoms. The molecule has 2 amide bonds. The third-order valence-corrected chi connectivity index (χ3v) is 5.28. The number of likely N-dealkylation sites (N-methyl/N-ethyl adjacent to an activating group) is 1. The molecular weight excluding hydrogens is 354 g/mol. The molecule has 0 bridgehead atoms. The summed E-state index contributed by atoms with van der Waals surface area (Å²) in [5.74, 6) is -0.873. The van der Waals surface area contributed by atoms with E-state index in [0.717, 1.165) is 10.7 Å². The predicted molar refractivity (Wildman–Crippen MR) is 92.2 cm³/mol. The lowest BCUT2D eigenvalue weighted by atomic mass is 10.3. The average molecular weight is 376 g/mol. The maximum Gasteiger partial charge on any atom is 0.243 e. The number of rotatable bonds is 8. The van der Waals surface area contributed by atoms with Crippen LogP contribution < -0.4 is 10.6 Å². The molecule has 0 fully saturated rings. The summed E-state index contributed by atoms with van der Waals surface area (Å²) in [6, 6.07) is 4.92. The van der Waals surface area contributed by atoms with Crippen molar-refractivity contribution >= 4 is 33.4 Å². The summed E-state index contributed by atoms with van der Waals surface area (Å²) in [6.07, 6.45) is 0.786. The predicted octanol–water partition coefficient (Wildman–Crippen LogP) is 0.991. The zero-order valence-electron chi connectivity index (χ0n) is 13.9. The van der Waals surface area contributed by atoms with Crippen LogP contribution in [-0.2, 0) is 19.6 Å². The minimum absolute atomic E-state index is 0.0379. The van der Waals surface area contributed by atoms with Crippen molar-refractivity contribution in [3.05, 3.63) is 29.3 Å². The normalized spacial score (nSPS) is 12.7. The summed E-state index contributed by atoms with van der Waals surface area (Å²) < 4.78 is 25.6. The lowest BCUT2D eigenvalue weighted by Gasteiger charge is -2.19. The highest BCUT2D eigenvalue weighted by Crippen LogP contribution is 2.17. The van der Waals surface area contributed by atoms with E-state index in [0.29, 0.717) is 11.6 Å². The number of nitrogens with zero attached hydrogens (tertiary/aromatic N) is 1. The second kappa shape index (κ2) is 9.00. The molecule has 0 aromatic heterocycles. The van der Waals surface area contributed by atoms with Crippen LogP contribution in [0.5, 0.6) is 0 Å². The summed E-state index contributed by atoms with van der Waals surface area (Å²) >= 11 is 5.74. The Morgan fingerprint density at radius 3 is 2.38 bits per heavy atom. The monoisotopic (exact) mass is 375 g/mol. The Morgan fingerprint density at radius 2 is 1.83 bits per heavy atom. The number of nitrogens with one attached hydrogen (secondary N) is 2. The maximum absolute atomic E-state index is 12.4. The molecule has 0 radical (unpaired) electrons. The fraction of sp³-hybridized carbons (Fsp3) is 0.467. The fourth-order valence-corrected chi connectivity index (χ4v) is 3.08. The number of sulfonamides is 1. The van der Waals surface area contributed by atoms with Gasteiger partial charge in [0.25, 0.3) is 0 Å². The van der Waals surface area contributed by atoms with E-state index < -0.39 is 28.5 Å². The average Bonchev–Trinajstić information content (AvgIpc) is 2.52. The second-order valence-corrected chi connectivity index (χ2v) is 7.78. The van der Waals surface area contributed by atoms with E-state index in [1.165, 1.54) is 38.2 Å². The number of carbonyl (C=O) groups excluding carboxylic acids is 2. The number of hydrogen-bond acceptors (Lipinski definition) is 4. The first-order valence-electron chi connectivity index (χ1n) is 7.47. The summed E-state index contributed by atoms with van der Waals surface area (Å²) in [6.45, 7) is 3.58. The van der Waals surface area contributed by atoms with Gasteiger partial charge in [-0.25, -0.2) is 8.42 Å². The summed E-state index contributed by atoms with van der Waals surface area (Å²) in [5.41, 5.74) is 0. The van der Waals surface area contributed by atoms with Crippen LogP contribution >= 0.6 is 11.6 Å². The first-order valence-corrected chi connectivity index (χ1v) is 9.29. The van der Waals surface area contributed by atoms with Gasteiger partial charge in [-0.3, -0.25) is 9.59 Å². The molecule has 0 aliphatic carbocycles. The van der Waals surface area contributed by atoms with Crippen molar-refractivity contribution in [3.63, 3.8) is 0 Å². The van der Waals surface area contributed by atoms with E-state index in [4.69, 9.17) is 11.6 Å². The van der Waals surface area contributed by atoms with Crippen molar-refractivity contribution in [1.29, 1.82) is 0 Å². The van der Waals surface area contributed by atoms with Crippen molar-refractivity contribution in [3.8, 4) is 0 Å². The molecule has 1 atom stereocenters. The molecule has 0 aliphatic heterocycles. The number of halogens is 1. The quantitative estimate of drug-likeness (QED) is 0.708. The van der Waals surface area contributed by atoms with Crippen molar-refractivity contribution in [2.75, 3.05) is 20.1 Å². The summed E-state index contributed by atoms with van der Waals surface area (Å²) in [4.78, 5) is 23.7. The minimum Gasteiger partial charge on any atom is -0.354 e. The van der Waals surface area contributed by atoms with Gasteiger partial charge in [-0.05, 0) is 37.6 Å². The molecule has 134 valence electrons. The minimum atomic E-state index is -3.81. The van der Waals surface area contributed by atoms with Crippen molar-refractivity contribution in [2.24, 2.45) is 0 Å². The lowest BCUT2D eigenvalue weighted by Crippen LogP contribution is -2.48. The molecule has 1 aromatic rings. The van der Waals surface area contributed by atoms with Crippen LogP contribution in [0, 0.1) is 0 Å². The maximum atomic E-state index is 12.4. The van der Waals surface area contributed by atoms with Crippen molar-refractivity contribution in [2.45, 2.75) is 31.2 Å². The number of carbonyl (C=O) groups is 2. The second-order valence-electron chi connectivity index (χ2n) is 5.30. The van der Waals surface area contributed by atoms with Crippen molar-refractivity contribution in [1.82, 2.24) is 14.9 Å². The van der Waals surface area contributed by atoms with Crippen LogP contribution in [-0.4, -0.2) is 50.7 Å². The lowest BCUT2D eigenvalue weighted by molar-refractivity contribution is -0.128. The van der Waals surface area contributed by atoms with Gasteiger partial charge in [0.05, 0.1) is 11.4 Å². The highest BCUT2D eigenvalue weighted by Gasteiger charge is 2.24. The van der Waals surface area contributed by atoms with Gasteiger partial charge in [0.1, 0.15) is 6.04 Å². The van der Waals surface area contributed by atoms with Crippen LogP contribution in [0.1, 0.15) is 20.3 Å². The molecule has 1 aromatic carbocycles. The molecule has 24 heavy (non-hydrogen) atoms. The van der Waals surface area contributed by atoms with Crippen LogP contribution in [0.15, 0.2) is 29.2 Å². The number of hydrogen-bond donors (Lipinski definition) is 2. The Labute approximate surface area is 147 Å². The van der Waals surface area contributed by atoms with Gasteiger partial charge in [0.2, 0.25) is 21.8 Å². The largest absolute Gasteiger partial charge is 0.354 e. The van der Waals surface area contributed by atoms with E-state index in [9.17, 15) is 18.0 Å². The van der Waals surface area contributed by atoms with E-state index in [1.54, 1.807) is 0 Å². The molecule has 7 nitrogen and oxygen atoms in total. The van der Waals surface area contributed by atoms with Gasteiger partial charge < -0.3 is 10.6 Å². The highest BCUT2D eigenvalue weighted by atomic mass is 35.5.